The van der Waals surface area contributed by atoms with Gasteiger partial charge in [0.25, 0.3) is 0 Å². The van der Waals surface area contributed by atoms with Crippen molar-refractivity contribution < 1.29 is 4.74 Å². The molecule has 1 saturated heterocycles. The molecule has 1 fully saturated rings. The Labute approximate surface area is 154 Å². The molecule has 0 radical (unpaired) electrons. The highest BCUT2D eigenvalue weighted by atomic mass is 16.5. The third kappa shape index (κ3) is 3.53. The highest BCUT2D eigenvalue weighted by Gasteiger charge is 2.18. The summed E-state index contributed by atoms with van der Waals surface area (Å²) in [7, 11) is 0. The van der Waals surface area contributed by atoms with Gasteiger partial charge in [0, 0.05) is 29.6 Å². The molecule has 0 saturated carbocycles. The van der Waals surface area contributed by atoms with Gasteiger partial charge in [-0.25, -0.2) is 4.68 Å². The van der Waals surface area contributed by atoms with Gasteiger partial charge in [0.15, 0.2) is 0 Å². The lowest BCUT2D eigenvalue weighted by atomic mass is 10.0. The second kappa shape index (κ2) is 7.38. The molecule has 1 aliphatic rings. The minimum Gasteiger partial charge on any atom is -0.376 e. The minimum absolute atomic E-state index is 0.258. The van der Waals surface area contributed by atoms with Crippen LogP contribution in [0.4, 0.5) is 0 Å². The Morgan fingerprint density at radius 2 is 1.77 bits per heavy atom. The Balaban J connectivity index is 1.53. The second-order valence-electron chi connectivity index (χ2n) is 6.96. The number of rotatable bonds is 4. The lowest BCUT2D eigenvalue weighted by Gasteiger charge is -2.22. The Morgan fingerprint density at radius 1 is 1.00 bits per heavy atom. The molecule has 26 heavy (non-hydrogen) atoms. The van der Waals surface area contributed by atoms with Gasteiger partial charge in [-0.2, -0.15) is 0 Å². The largest absolute Gasteiger partial charge is 0.376 e. The number of benzene rings is 1. The van der Waals surface area contributed by atoms with Crippen molar-refractivity contribution >= 4 is 0 Å². The average Bonchev–Trinajstić information content (AvgIpc) is 3.04. The molecule has 134 valence electrons. The van der Waals surface area contributed by atoms with Crippen molar-refractivity contribution in [3.05, 3.63) is 54.0 Å². The molecule has 4 rings (SSSR count). The molecule has 0 aliphatic carbocycles. The number of nitrogens with zero attached hydrogens (tertiary/aromatic N) is 4. The van der Waals surface area contributed by atoms with Crippen LogP contribution in [0.15, 0.2) is 42.6 Å². The first kappa shape index (κ1) is 16.9. The van der Waals surface area contributed by atoms with E-state index in [-0.39, 0.29) is 6.10 Å². The van der Waals surface area contributed by atoms with Crippen LogP contribution in [0.3, 0.4) is 0 Å². The lowest BCUT2D eigenvalue weighted by molar-refractivity contribution is 0.00337. The zero-order valence-electron chi connectivity index (χ0n) is 15.4. The van der Waals surface area contributed by atoms with Crippen molar-refractivity contribution in [2.75, 3.05) is 6.61 Å². The van der Waals surface area contributed by atoms with Gasteiger partial charge in [-0.3, -0.25) is 4.98 Å². The first-order valence-electron chi connectivity index (χ1n) is 9.26. The van der Waals surface area contributed by atoms with Crippen LogP contribution in [0.2, 0.25) is 0 Å². The third-order valence-corrected chi connectivity index (χ3v) is 5.04. The molecule has 1 atom stereocenters. The lowest BCUT2D eigenvalue weighted by Crippen LogP contribution is -2.25. The molecule has 1 aliphatic heterocycles. The maximum atomic E-state index is 5.83. The highest BCUT2D eigenvalue weighted by Crippen LogP contribution is 2.26. The first-order chi connectivity index (χ1) is 12.7. The fraction of sp³-hybridized carbons (Fsp3) is 0.381. The summed E-state index contributed by atoms with van der Waals surface area (Å²) in [5, 5.41) is 8.76. The summed E-state index contributed by atoms with van der Waals surface area (Å²) in [5.74, 6) is 0. The van der Waals surface area contributed by atoms with Gasteiger partial charge in [-0.15, -0.1) is 5.10 Å². The maximum absolute atomic E-state index is 5.83. The van der Waals surface area contributed by atoms with Crippen molar-refractivity contribution in [3.8, 4) is 22.4 Å². The molecule has 0 N–H and O–H groups in total. The van der Waals surface area contributed by atoms with Gasteiger partial charge >= 0.3 is 0 Å². The van der Waals surface area contributed by atoms with Crippen molar-refractivity contribution in [3.63, 3.8) is 0 Å². The van der Waals surface area contributed by atoms with Gasteiger partial charge in [0.2, 0.25) is 0 Å². The zero-order valence-corrected chi connectivity index (χ0v) is 15.4. The van der Waals surface area contributed by atoms with E-state index in [2.05, 4.69) is 52.6 Å². The number of hydrogen-bond acceptors (Lipinski definition) is 4. The molecular formula is C21H24N4O. The van der Waals surface area contributed by atoms with E-state index in [1.165, 1.54) is 12.8 Å². The van der Waals surface area contributed by atoms with Crippen LogP contribution < -0.4 is 0 Å². The summed E-state index contributed by atoms with van der Waals surface area (Å²) < 4.78 is 7.81. The van der Waals surface area contributed by atoms with Crippen LogP contribution in [0.25, 0.3) is 22.4 Å². The molecule has 0 amide bonds. The van der Waals surface area contributed by atoms with Crippen LogP contribution in [0, 0.1) is 13.8 Å². The van der Waals surface area contributed by atoms with E-state index in [1.54, 1.807) is 0 Å². The van der Waals surface area contributed by atoms with E-state index in [1.807, 2.05) is 23.9 Å². The van der Waals surface area contributed by atoms with Crippen LogP contribution in [0.1, 0.15) is 30.7 Å². The number of aryl methyl sites for hydroxylation is 1. The zero-order chi connectivity index (χ0) is 17.9. The van der Waals surface area contributed by atoms with Gasteiger partial charge in [-0.05, 0) is 44.7 Å². The molecule has 3 heterocycles. The summed E-state index contributed by atoms with van der Waals surface area (Å²) in [4.78, 5) is 4.37. The summed E-state index contributed by atoms with van der Waals surface area (Å²) in [6.45, 7) is 5.72. The normalized spacial score (nSPS) is 17.4. The molecule has 2 aromatic heterocycles. The van der Waals surface area contributed by atoms with Gasteiger partial charge in [-0.1, -0.05) is 35.5 Å². The molecular weight excluding hydrogens is 324 g/mol. The van der Waals surface area contributed by atoms with Crippen molar-refractivity contribution in [1.82, 2.24) is 20.0 Å². The topological polar surface area (TPSA) is 52.8 Å². The maximum Gasteiger partial charge on any atom is 0.115 e. The molecule has 0 bridgehead atoms. The number of pyridine rings is 1. The third-order valence-electron chi connectivity index (χ3n) is 5.04. The SMILES string of the molecule is Cc1ccc(-c2ccc(-c3nnn(CC4CCCCO4)c3C)cc2)cn1. The summed E-state index contributed by atoms with van der Waals surface area (Å²) in [6, 6.07) is 12.6. The van der Waals surface area contributed by atoms with Crippen LogP contribution in [-0.2, 0) is 11.3 Å². The monoisotopic (exact) mass is 348 g/mol. The molecule has 5 heteroatoms. The average molecular weight is 348 g/mol. The fourth-order valence-electron chi connectivity index (χ4n) is 3.40. The van der Waals surface area contributed by atoms with E-state index in [0.29, 0.717) is 0 Å². The number of hydrogen-bond donors (Lipinski definition) is 0. The standard InChI is InChI=1S/C21H24N4O/c1-15-6-7-19(13-22-15)17-8-10-18(11-9-17)21-16(2)25(24-23-21)14-20-5-3-4-12-26-20/h6-11,13,20H,3-5,12,14H2,1-2H3. The quantitative estimate of drug-likeness (QED) is 0.709. The Kier molecular flexibility index (Phi) is 4.80. The Bertz CT molecular complexity index is 862. The molecule has 0 spiro atoms. The summed E-state index contributed by atoms with van der Waals surface area (Å²) in [6.07, 6.45) is 5.68. The van der Waals surface area contributed by atoms with Crippen molar-refractivity contribution in [2.24, 2.45) is 0 Å². The Hall–Kier alpha value is -2.53. The van der Waals surface area contributed by atoms with Gasteiger partial charge < -0.3 is 4.74 Å². The summed E-state index contributed by atoms with van der Waals surface area (Å²) in [5.41, 5.74) is 6.42. The predicted octanol–water partition coefficient (Wildman–Crippen LogP) is 4.19. The van der Waals surface area contributed by atoms with E-state index >= 15 is 0 Å². The highest BCUT2D eigenvalue weighted by molar-refractivity contribution is 5.69. The summed E-state index contributed by atoms with van der Waals surface area (Å²) >= 11 is 0. The molecule has 5 nitrogen and oxygen atoms in total. The van der Waals surface area contributed by atoms with Crippen molar-refractivity contribution in [2.45, 2.75) is 45.8 Å². The van der Waals surface area contributed by atoms with E-state index in [0.717, 1.165) is 53.3 Å². The van der Waals surface area contributed by atoms with E-state index in [9.17, 15) is 0 Å². The smallest absolute Gasteiger partial charge is 0.115 e. The van der Waals surface area contributed by atoms with Crippen LogP contribution in [0.5, 0.6) is 0 Å². The molecule has 3 aromatic rings. The molecule has 1 unspecified atom stereocenters. The predicted molar refractivity (Wildman–Crippen MR) is 102 cm³/mol. The van der Waals surface area contributed by atoms with Gasteiger partial charge in [0.1, 0.15) is 5.69 Å². The first-order valence-corrected chi connectivity index (χ1v) is 9.26. The number of ether oxygens (including phenoxy) is 1. The van der Waals surface area contributed by atoms with E-state index in [4.69, 9.17) is 4.74 Å². The van der Waals surface area contributed by atoms with Gasteiger partial charge in [0.05, 0.1) is 18.3 Å². The Morgan fingerprint density at radius 3 is 2.46 bits per heavy atom. The minimum atomic E-state index is 0.258. The number of aromatic nitrogens is 4. The fourth-order valence-corrected chi connectivity index (χ4v) is 3.40. The van der Waals surface area contributed by atoms with E-state index < -0.39 is 0 Å². The van der Waals surface area contributed by atoms with Crippen LogP contribution >= 0.6 is 0 Å². The second-order valence-corrected chi connectivity index (χ2v) is 6.96. The van der Waals surface area contributed by atoms with Crippen molar-refractivity contribution in [1.29, 1.82) is 0 Å². The molecule has 1 aromatic carbocycles. The van der Waals surface area contributed by atoms with Crippen LogP contribution in [-0.4, -0.2) is 32.7 Å².